The number of amides is 1. The van der Waals surface area contributed by atoms with Gasteiger partial charge in [-0.15, -0.1) is 0 Å². The normalized spacial score (nSPS) is 15.6. The first-order valence-electron chi connectivity index (χ1n) is 8.13. The Morgan fingerprint density at radius 1 is 1.38 bits per heavy atom. The molecule has 0 radical (unpaired) electrons. The van der Waals surface area contributed by atoms with Gasteiger partial charge in [-0.2, -0.15) is 0 Å². The molecule has 0 unspecified atom stereocenters. The Hall–Kier alpha value is -1.48. The molecule has 26 heavy (non-hydrogen) atoms. The molecule has 1 aliphatic heterocycles. The molecule has 1 aromatic carbocycles. The van der Waals surface area contributed by atoms with Crippen molar-refractivity contribution < 1.29 is 14.4 Å². The van der Waals surface area contributed by atoms with Crippen LogP contribution in [0.5, 0.6) is 0 Å². The molecule has 3 N–H and O–H groups in total. The molecule has 3 aromatic rings. The number of nitrogens with one attached hydrogen (secondary N) is 2. The van der Waals surface area contributed by atoms with Crippen LogP contribution in [0.4, 0.5) is 0 Å². The zero-order valence-corrected chi connectivity index (χ0v) is 17.0. The fourth-order valence-corrected chi connectivity index (χ4v) is 6.89. The van der Waals surface area contributed by atoms with Crippen molar-refractivity contribution in [2.75, 3.05) is 26.2 Å². The van der Waals surface area contributed by atoms with E-state index in [1.165, 1.54) is 16.0 Å². The average molecular weight is 485 g/mol. The van der Waals surface area contributed by atoms with Gasteiger partial charge >= 0.3 is 163 Å². The van der Waals surface area contributed by atoms with Gasteiger partial charge in [0, 0.05) is 0 Å². The molecule has 0 atom stereocenters. The Balaban J connectivity index is 1.82. The molecule has 0 spiro atoms. The maximum absolute atomic E-state index is 12.1. The summed E-state index contributed by atoms with van der Waals surface area (Å²) in [5.74, 6) is -0.870. The van der Waals surface area contributed by atoms with E-state index in [1.807, 2.05) is 12.1 Å². The van der Waals surface area contributed by atoms with Crippen molar-refractivity contribution in [3.05, 3.63) is 43.1 Å². The van der Waals surface area contributed by atoms with E-state index < -0.39 is 11.5 Å². The van der Waals surface area contributed by atoms with Crippen LogP contribution in [-0.2, 0) is 6.54 Å². The zero-order chi connectivity index (χ0) is 18.3. The molecule has 7 nitrogen and oxygen atoms in total. The Labute approximate surface area is 162 Å². The minimum atomic E-state index is -0.870. The van der Waals surface area contributed by atoms with Crippen LogP contribution in [0.25, 0.3) is 20.6 Å². The van der Waals surface area contributed by atoms with Gasteiger partial charge in [-0.3, -0.25) is 0 Å². The second-order valence-corrected chi connectivity index (χ2v) is 9.23. The van der Waals surface area contributed by atoms with Crippen molar-refractivity contribution in [2.45, 2.75) is 6.54 Å². The van der Waals surface area contributed by atoms with Gasteiger partial charge in [-0.25, -0.2) is 0 Å². The van der Waals surface area contributed by atoms with Gasteiger partial charge in [0.25, 0.3) is 0 Å². The molecule has 3 heterocycles. The fourth-order valence-electron chi connectivity index (χ4n) is 3.14. The van der Waals surface area contributed by atoms with E-state index >= 15 is 0 Å². The third-order valence-electron chi connectivity index (χ3n) is 4.49. The van der Waals surface area contributed by atoms with Crippen LogP contribution < -0.4 is 16.4 Å². The van der Waals surface area contributed by atoms with Crippen LogP contribution in [0.2, 0.25) is 0 Å². The monoisotopic (exact) mass is 485 g/mol. The Morgan fingerprint density at radius 3 is 2.88 bits per heavy atom. The predicted molar refractivity (Wildman–Crippen MR) is 102 cm³/mol. The van der Waals surface area contributed by atoms with Gasteiger partial charge in [-0.05, 0) is 0 Å². The number of piperazine rings is 1. The van der Waals surface area contributed by atoms with Gasteiger partial charge in [0.05, 0.1) is 0 Å². The summed E-state index contributed by atoms with van der Waals surface area (Å²) in [5, 5.41) is 13.8. The average Bonchev–Trinajstić information content (AvgIpc) is 2.98. The third kappa shape index (κ3) is 3.15. The van der Waals surface area contributed by atoms with E-state index in [4.69, 9.17) is 9.62 Å². The molecule has 0 aliphatic carbocycles. The van der Waals surface area contributed by atoms with Crippen molar-refractivity contribution in [3.8, 4) is 0 Å². The molecule has 4 rings (SSSR count). The van der Waals surface area contributed by atoms with E-state index in [-0.39, 0.29) is 20.1 Å². The number of benzene rings is 1. The molecule has 2 aromatic heterocycles. The van der Waals surface area contributed by atoms with Crippen molar-refractivity contribution in [1.82, 2.24) is 15.7 Å². The summed E-state index contributed by atoms with van der Waals surface area (Å²) in [6.07, 6.45) is 0. The van der Waals surface area contributed by atoms with Crippen LogP contribution in [0.15, 0.2) is 31.9 Å². The molecule has 1 amide bonds. The number of halogens is 1. The topological polar surface area (TPSA) is 94.8 Å². The van der Waals surface area contributed by atoms with E-state index in [2.05, 4.69) is 26.1 Å². The van der Waals surface area contributed by atoms with E-state index in [0.29, 0.717) is 11.0 Å². The van der Waals surface area contributed by atoms with Gasteiger partial charge in [0.2, 0.25) is 0 Å². The second-order valence-electron chi connectivity index (χ2n) is 6.11. The summed E-state index contributed by atoms with van der Waals surface area (Å²) >= 11 is 3.76. The summed E-state index contributed by atoms with van der Waals surface area (Å²) in [6.45, 7) is 4.93. The van der Waals surface area contributed by atoms with Crippen molar-refractivity contribution in [1.29, 1.82) is 0 Å². The van der Waals surface area contributed by atoms with Crippen molar-refractivity contribution >= 4 is 57.0 Å². The summed E-state index contributed by atoms with van der Waals surface area (Å²) in [6, 6.07) is 5.27. The van der Waals surface area contributed by atoms with Gasteiger partial charge in [0.15, 0.2) is 0 Å². The number of fused-ring (bicyclic) bond motifs is 3. The molecule has 1 fully saturated rings. The number of rotatable bonds is 3. The SMILES string of the molecule is O=C(NO)c1cc2ccc3c(Br)c(CN4CCNCC4)[se]c3c2oc1=O. The van der Waals surface area contributed by atoms with Crippen molar-refractivity contribution in [2.24, 2.45) is 0 Å². The maximum atomic E-state index is 12.1. The van der Waals surface area contributed by atoms with Crippen LogP contribution in [-0.4, -0.2) is 56.7 Å². The molecular formula is C17H16BrN3O4Se. The van der Waals surface area contributed by atoms with Crippen molar-refractivity contribution in [3.63, 3.8) is 0 Å². The summed E-state index contributed by atoms with van der Waals surface area (Å²) < 4.78 is 8.87. The first-order chi connectivity index (χ1) is 12.6. The third-order valence-corrected chi connectivity index (χ3v) is 8.48. The number of carbonyl (C=O) groups excluding carboxylic acids is 1. The molecule has 1 saturated heterocycles. The predicted octanol–water partition coefficient (Wildman–Crippen LogP) is 1.29. The standard InChI is InChI=1S/C17H16BrN3O4Se/c18-13-10-2-1-9-7-11(16(22)20-24)17(23)25-14(9)15(10)26-12(13)8-21-5-3-19-4-6-21/h1-2,7,19,24H,3-6,8H2,(H,20,22). The first-order valence-corrected chi connectivity index (χ1v) is 10.6. The Kier molecular flexibility index (Phi) is 5.00. The van der Waals surface area contributed by atoms with Crippen LogP contribution in [0.1, 0.15) is 14.8 Å². The van der Waals surface area contributed by atoms with E-state index in [0.717, 1.165) is 46.8 Å². The first kappa shape index (κ1) is 17.9. The number of nitrogens with zero attached hydrogens (tertiary/aromatic N) is 1. The fraction of sp³-hybridized carbons (Fsp3) is 0.294. The second kappa shape index (κ2) is 7.26. The summed E-state index contributed by atoms with van der Waals surface area (Å²) in [5.41, 5.74) is 1.04. The number of hydrogen-bond donors (Lipinski definition) is 3. The summed E-state index contributed by atoms with van der Waals surface area (Å²) in [4.78, 5) is 26.2. The van der Waals surface area contributed by atoms with E-state index in [1.54, 1.807) is 0 Å². The zero-order valence-electron chi connectivity index (χ0n) is 13.7. The van der Waals surface area contributed by atoms with Gasteiger partial charge in [0.1, 0.15) is 0 Å². The molecule has 0 bridgehead atoms. The Morgan fingerprint density at radius 2 is 2.15 bits per heavy atom. The molecule has 0 saturated carbocycles. The molecule has 1 aliphatic rings. The van der Waals surface area contributed by atoms with E-state index in [9.17, 15) is 9.59 Å². The van der Waals surface area contributed by atoms with Crippen LogP contribution in [0, 0.1) is 0 Å². The van der Waals surface area contributed by atoms with Gasteiger partial charge < -0.3 is 0 Å². The van der Waals surface area contributed by atoms with Crippen LogP contribution in [0.3, 0.4) is 0 Å². The Bertz CT molecular complexity index is 1060. The number of carbonyl (C=O) groups is 1. The quantitative estimate of drug-likeness (QED) is 0.224. The summed E-state index contributed by atoms with van der Waals surface area (Å²) in [7, 11) is 0. The molecule has 9 heteroatoms. The minimum absolute atomic E-state index is 0.0370. The van der Waals surface area contributed by atoms with Crippen LogP contribution >= 0.6 is 15.9 Å². The van der Waals surface area contributed by atoms with Gasteiger partial charge in [-0.1, -0.05) is 0 Å². The number of hydroxylamine groups is 1. The number of hydrogen-bond acceptors (Lipinski definition) is 6. The molecule has 136 valence electrons. The molecular weight excluding hydrogens is 469 g/mol.